The second-order valence-electron chi connectivity index (χ2n) is 3.53. The normalized spacial score (nSPS) is 18.9. The number of hydrogen-bond donors (Lipinski definition) is 2. The summed E-state index contributed by atoms with van der Waals surface area (Å²) < 4.78 is 0. The molecule has 4 nitrogen and oxygen atoms in total. The molecular formula is C9H15N3OS. The topological polar surface area (TPSA) is 62.4 Å². The predicted molar refractivity (Wildman–Crippen MR) is 57.6 cm³/mol. The van der Waals surface area contributed by atoms with Crippen molar-refractivity contribution >= 4 is 16.5 Å². The lowest BCUT2D eigenvalue weighted by Crippen LogP contribution is -2.17. The first kappa shape index (κ1) is 9.89. The van der Waals surface area contributed by atoms with Crippen molar-refractivity contribution in [3.63, 3.8) is 0 Å². The third kappa shape index (κ3) is 1.89. The highest BCUT2D eigenvalue weighted by Gasteiger charge is 2.17. The average Bonchev–Trinajstić information content (AvgIpc) is 2.86. The lowest BCUT2D eigenvalue weighted by molar-refractivity contribution is 0.269. The zero-order chi connectivity index (χ0) is 9.97. The van der Waals surface area contributed by atoms with E-state index in [4.69, 9.17) is 10.8 Å². The molecule has 14 heavy (non-hydrogen) atoms. The number of aliphatic hydroxyl groups excluding tert-OH is 1. The molecule has 3 N–H and O–H groups in total. The lowest BCUT2D eigenvalue weighted by atomic mass is 10.3. The van der Waals surface area contributed by atoms with Crippen molar-refractivity contribution in [1.82, 2.24) is 4.98 Å². The molecule has 78 valence electrons. The Labute approximate surface area is 87.4 Å². The number of nitrogens with zero attached hydrogens (tertiary/aromatic N) is 2. The summed E-state index contributed by atoms with van der Waals surface area (Å²) in [5.41, 5.74) is 5.71. The van der Waals surface area contributed by atoms with Crippen LogP contribution in [-0.2, 0) is 0 Å². The van der Waals surface area contributed by atoms with Crippen LogP contribution in [-0.4, -0.2) is 29.8 Å². The molecule has 0 spiro atoms. The predicted octanol–water partition coefficient (Wildman–Crippen LogP) is 0.735. The van der Waals surface area contributed by atoms with Crippen LogP contribution in [0, 0.1) is 0 Å². The van der Waals surface area contributed by atoms with Crippen LogP contribution in [0.15, 0.2) is 6.20 Å². The van der Waals surface area contributed by atoms with Gasteiger partial charge in [0.15, 0.2) is 5.13 Å². The van der Waals surface area contributed by atoms with Crippen LogP contribution in [0.3, 0.4) is 0 Å². The van der Waals surface area contributed by atoms with Gasteiger partial charge in [0, 0.05) is 24.2 Å². The summed E-state index contributed by atoms with van der Waals surface area (Å²) in [6, 6.07) is -0.274. The Kier molecular flexibility index (Phi) is 3.00. The zero-order valence-corrected chi connectivity index (χ0v) is 8.83. The molecule has 1 aromatic rings. The fourth-order valence-corrected chi connectivity index (χ4v) is 2.55. The van der Waals surface area contributed by atoms with Gasteiger partial charge in [-0.05, 0) is 12.8 Å². The molecule has 1 aromatic heterocycles. The molecule has 1 aliphatic heterocycles. The van der Waals surface area contributed by atoms with E-state index in [0.717, 1.165) is 23.1 Å². The molecule has 5 heteroatoms. The van der Waals surface area contributed by atoms with Gasteiger partial charge in [-0.2, -0.15) is 0 Å². The van der Waals surface area contributed by atoms with Crippen molar-refractivity contribution in [3.8, 4) is 0 Å². The summed E-state index contributed by atoms with van der Waals surface area (Å²) in [6.07, 6.45) is 4.28. The maximum absolute atomic E-state index is 8.90. The first-order valence-electron chi connectivity index (χ1n) is 4.88. The summed E-state index contributed by atoms with van der Waals surface area (Å²) in [7, 11) is 0. The van der Waals surface area contributed by atoms with Gasteiger partial charge in [-0.3, -0.25) is 0 Å². The fourth-order valence-electron chi connectivity index (χ4n) is 1.59. The van der Waals surface area contributed by atoms with Gasteiger partial charge < -0.3 is 15.7 Å². The van der Waals surface area contributed by atoms with Crippen molar-refractivity contribution in [3.05, 3.63) is 11.1 Å². The number of hydrogen-bond acceptors (Lipinski definition) is 5. The maximum atomic E-state index is 8.90. The van der Waals surface area contributed by atoms with E-state index in [0.29, 0.717) is 0 Å². The first-order valence-corrected chi connectivity index (χ1v) is 5.70. The van der Waals surface area contributed by atoms with Crippen LogP contribution >= 0.6 is 11.3 Å². The minimum Gasteiger partial charge on any atom is -0.394 e. The molecule has 1 atom stereocenters. The monoisotopic (exact) mass is 213 g/mol. The molecule has 1 aliphatic rings. The number of anilines is 1. The third-order valence-electron chi connectivity index (χ3n) is 2.45. The number of rotatable bonds is 3. The summed E-state index contributed by atoms with van der Waals surface area (Å²) in [5.74, 6) is 0. The maximum Gasteiger partial charge on any atom is 0.185 e. The molecule has 0 aliphatic carbocycles. The van der Waals surface area contributed by atoms with Crippen molar-refractivity contribution in [2.45, 2.75) is 18.9 Å². The second kappa shape index (κ2) is 4.25. The third-order valence-corrected chi connectivity index (χ3v) is 3.64. The molecule has 1 saturated heterocycles. The van der Waals surface area contributed by atoms with Gasteiger partial charge in [-0.25, -0.2) is 4.98 Å². The Balaban J connectivity index is 2.08. The molecule has 1 fully saturated rings. The largest absolute Gasteiger partial charge is 0.394 e. The Morgan fingerprint density at radius 3 is 2.93 bits per heavy atom. The Morgan fingerprint density at radius 2 is 2.29 bits per heavy atom. The van der Waals surface area contributed by atoms with Crippen molar-refractivity contribution < 1.29 is 5.11 Å². The highest BCUT2D eigenvalue weighted by Crippen LogP contribution is 2.28. The molecule has 0 bridgehead atoms. The minimum absolute atomic E-state index is 0.0123. The quantitative estimate of drug-likeness (QED) is 0.777. The van der Waals surface area contributed by atoms with E-state index in [-0.39, 0.29) is 12.6 Å². The van der Waals surface area contributed by atoms with Gasteiger partial charge in [0.05, 0.1) is 12.6 Å². The van der Waals surface area contributed by atoms with E-state index >= 15 is 0 Å². The Hall–Kier alpha value is -0.650. The smallest absolute Gasteiger partial charge is 0.185 e. The van der Waals surface area contributed by atoms with Gasteiger partial charge >= 0.3 is 0 Å². The molecule has 2 rings (SSSR count). The molecular weight excluding hydrogens is 198 g/mol. The van der Waals surface area contributed by atoms with Crippen molar-refractivity contribution in [2.75, 3.05) is 24.6 Å². The van der Waals surface area contributed by atoms with Crippen LogP contribution < -0.4 is 10.6 Å². The number of aromatic nitrogens is 1. The lowest BCUT2D eigenvalue weighted by Gasteiger charge is -2.12. The highest BCUT2D eigenvalue weighted by atomic mass is 32.1. The van der Waals surface area contributed by atoms with E-state index < -0.39 is 0 Å². The van der Waals surface area contributed by atoms with Gasteiger partial charge in [-0.1, -0.05) is 0 Å². The van der Waals surface area contributed by atoms with E-state index in [1.165, 1.54) is 12.8 Å². The fraction of sp³-hybridized carbons (Fsp3) is 0.667. The molecule has 0 amide bonds. The van der Waals surface area contributed by atoms with Crippen LogP contribution in [0.2, 0.25) is 0 Å². The highest BCUT2D eigenvalue weighted by molar-refractivity contribution is 7.15. The second-order valence-corrected chi connectivity index (χ2v) is 4.57. The summed E-state index contributed by atoms with van der Waals surface area (Å²) in [6.45, 7) is 2.18. The van der Waals surface area contributed by atoms with Crippen LogP contribution in [0.25, 0.3) is 0 Å². The summed E-state index contributed by atoms with van der Waals surface area (Å²) in [4.78, 5) is 7.56. The summed E-state index contributed by atoms with van der Waals surface area (Å²) >= 11 is 1.59. The van der Waals surface area contributed by atoms with E-state index in [9.17, 15) is 0 Å². The molecule has 1 unspecified atom stereocenters. The van der Waals surface area contributed by atoms with Gasteiger partial charge in [-0.15, -0.1) is 11.3 Å². The van der Waals surface area contributed by atoms with Gasteiger partial charge in [0.25, 0.3) is 0 Å². The summed E-state index contributed by atoms with van der Waals surface area (Å²) in [5, 5.41) is 9.95. The number of nitrogens with two attached hydrogens (primary N) is 1. The zero-order valence-electron chi connectivity index (χ0n) is 8.02. The van der Waals surface area contributed by atoms with Gasteiger partial charge in [0.2, 0.25) is 0 Å². The Bertz CT molecular complexity index is 296. The van der Waals surface area contributed by atoms with Crippen LogP contribution in [0.4, 0.5) is 5.13 Å². The van der Waals surface area contributed by atoms with E-state index in [1.807, 2.05) is 0 Å². The average molecular weight is 213 g/mol. The van der Waals surface area contributed by atoms with E-state index in [2.05, 4.69) is 9.88 Å². The van der Waals surface area contributed by atoms with Crippen molar-refractivity contribution in [1.29, 1.82) is 0 Å². The SMILES string of the molecule is NC(CO)c1cnc(N2CCCC2)s1. The molecule has 0 aromatic carbocycles. The number of thiazole rings is 1. The van der Waals surface area contributed by atoms with Crippen molar-refractivity contribution in [2.24, 2.45) is 5.73 Å². The molecule has 0 saturated carbocycles. The van der Waals surface area contributed by atoms with Crippen LogP contribution in [0.5, 0.6) is 0 Å². The standard InChI is InChI=1S/C9H15N3OS/c10-7(6-13)8-5-11-9(14-8)12-3-1-2-4-12/h5,7,13H,1-4,6,10H2. The number of aliphatic hydroxyl groups is 1. The van der Waals surface area contributed by atoms with Crippen LogP contribution in [0.1, 0.15) is 23.8 Å². The molecule has 2 heterocycles. The van der Waals surface area contributed by atoms with Gasteiger partial charge in [0.1, 0.15) is 0 Å². The minimum atomic E-state index is -0.274. The first-order chi connectivity index (χ1) is 6.81. The Morgan fingerprint density at radius 1 is 1.57 bits per heavy atom. The molecule has 0 radical (unpaired) electrons. The van der Waals surface area contributed by atoms with E-state index in [1.54, 1.807) is 17.5 Å².